The highest BCUT2D eigenvalue weighted by Gasteiger charge is 2.19. The van der Waals surface area contributed by atoms with Gasteiger partial charge in [-0.1, -0.05) is 31.2 Å². The molecule has 6 rings (SSSR count). The Morgan fingerprint density at radius 2 is 1.83 bits per heavy atom. The Morgan fingerprint density at radius 1 is 1.06 bits per heavy atom. The lowest BCUT2D eigenvalue weighted by Gasteiger charge is -2.20. The predicted molar refractivity (Wildman–Crippen MR) is 188 cm³/mol. The monoisotopic (exact) mass is 656 g/mol. The van der Waals surface area contributed by atoms with Gasteiger partial charge in [0.15, 0.2) is 17.7 Å². The fraction of sp³-hybridized carbons (Fsp3) is 0.189. The standard InChI is InChI=1S/C37H32N6O4S/c1-4-13-43(21-48-37(45)46)19-24-14-27(17-38)34-32(16-24)42-36(47-34)30-9-5-7-28(22(30)2)29-8-6-10-31(23(29)3)41-35-33-26(11-12-39-35)15-25(20-44)18-40-33/h5-12,14-16,18,20H,4,13,19,21H2,1-3H3,(H,39,41)(H,45,46). The number of pyridine rings is 2. The summed E-state index contributed by atoms with van der Waals surface area (Å²) in [4.78, 5) is 38.3. The Morgan fingerprint density at radius 3 is 2.58 bits per heavy atom. The average Bonchev–Trinajstić information content (AvgIpc) is 3.52. The van der Waals surface area contributed by atoms with Gasteiger partial charge in [-0.05, 0) is 103 Å². The second-order valence-corrected chi connectivity index (χ2v) is 12.3. The van der Waals surface area contributed by atoms with Crippen molar-refractivity contribution >= 4 is 56.9 Å². The smallest absolute Gasteiger partial charge is 0.366 e. The van der Waals surface area contributed by atoms with Crippen molar-refractivity contribution < 1.29 is 19.1 Å². The number of hydrogen-bond acceptors (Lipinski definition) is 10. The SMILES string of the molecule is CCCN(CSC(=O)O)Cc1cc(C#N)c2oc(-c3cccc(-c4cccc(Nc5nccc6cc(C=O)cnc56)c4C)c3C)nc2c1. The van der Waals surface area contributed by atoms with E-state index in [0.717, 1.165) is 75.5 Å². The number of benzene rings is 3. The van der Waals surface area contributed by atoms with E-state index in [1.807, 2.05) is 62.1 Å². The summed E-state index contributed by atoms with van der Waals surface area (Å²) >= 11 is 0.841. The Labute approximate surface area is 281 Å². The molecule has 2 N–H and O–H groups in total. The van der Waals surface area contributed by atoms with Crippen LogP contribution in [0.25, 0.3) is 44.6 Å². The maximum atomic E-state index is 11.3. The molecule has 0 aliphatic heterocycles. The number of carbonyl (C=O) groups is 2. The molecule has 0 saturated heterocycles. The molecule has 3 aromatic carbocycles. The molecule has 0 fully saturated rings. The maximum Gasteiger partial charge on any atom is 0.366 e. The number of aldehydes is 1. The van der Waals surface area contributed by atoms with Crippen LogP contribution >= 0.6 is 11.8 Å². The Kier molecular flexibility index (Phi) is 9.48. The molecule has 0 bridgehead atoms. The third kappa shape index (κ3) is 6.62. The van der Waals surface area contributed by atoms with Crippen LogP contribution in [0.15, 0.2) is 77.5 Å². The number of carbonyl (C=O) groups excluding carboxylic acids is 1. The molecule has 240 valence electrons. The highest BCUT2D eigenvalue weighted by molar-refractivity contribution is 8.13. The van der Waals surface area contributed by atoms with Gasteiger partial charge in [-0.15, -0.1) is 0 Å². The molecule has 6 aromatic rings. The van der Waals surface area contributed by atoms with Crippen molar-refractivity contribution in [3.8, 4) is 28.7 Å². The van der Waals surface area contributed by atoms with Gasteiger partial charge in [0.25, 0.3) is 0 Å². The first-order valence-corrected chi connectivity index (χ1v) is 16.4. The molecule has 3 aromatic heterocycles. The van der Waals surface area contributed by atoms with E-state index < -0.39 is 5.30 Å². The van der Waals surface area contributed by atoms with Gasteiger partial charge in [0.2, 0.25) is 5.89 Å². The van der Waals surface area contributed by atoms with E-state index in [1.165, 1.54) is 6.20 Å². The van der Waals surface area contributed by atoms with Gasteiger partial charge in [-0.2, -0.15) is 5.26 Å². The number of thioether (sulfide) groups is 1. The highest BCUT2D eigenvalue weighted by atomic mass is 32.2. The number of nitrogens with zero attached hydrogens (tertiary/aromatic N) is 5. The summed E-state index contributed by atoms with van der Waals surface area (Å²) in [5, 5.41) is 22.5. The summed E-state index contributed by atoms with van der Waals surface area (Å²) in [6.45, 7) is 7.33. The fourth-order valence-corrected chi connectivity index (χ4v) is 6.39. The first-order valence-electron chi connectivity index (χ1n) is 15.4. The average molecular weight is 657 g/mol. The van der Waals surface area contributed by atoms with Crippen LogP contribution in [0.3, 0.4) is 0 Å². The van der Waals surface area contributed by atoms with Crippen molar-refractivity contribution in [3.63, 3.8) is 0 Å². The summed E-state index contributed by atoms with van der Waals surface area (Å²) in [6, 6.07) is 21.6. The number of aromatic nitrogens is 3. The van der Waals surface area contributed by atoms with Gasteiger partial charge in [0, 0.05) is 41.1 Å². The van der Waals surface area contributed by atoms with Crippen molar-refractivity contribution in [2.45, 2.75) is 33.7 Å². The molecule has 0 aliphatic carbocycles. The lowest BCUT2D eigenvalue weighted by Crippen LogP contribution is -2.24. The van der Waals surface area contributed by atoms with Gasteiger partial charge in [0.05, 0.1) is 11.4 Å². The Balaban J connectivity index is 1.34. The molecule has 0 aliphatic rings. The number of carboxylic acid groups (broad SMARTS) is 1. The lowest BCUT2D eigenvalue weighted by molar-refractivity contribution is 0.112. The van der Waals surface area contributed by atoms with Crippen molar-refractivity contribution in [1.82, 2.24) is 19.9 Å². The normalized spacial score (nSPS) is 11.2. The highest BCUT2D eigenvalue weighted by Crippen LogP contribution is 2.37. The van der Waals surface area contributed by atoms with Crippen LogP contribution in [-0.2, 0) is 6.54 Å². The summed E-state index contributed by atoms with van der Waals surface area (Å²) in [6.07, 6.45) is 4.87. The van der Waals surface area contributed by atoms with Gasteiger partial charge >= 0.3 is 5.30 Å². The number of hydrogen-bond donors (Lipinski definition) is 2. The third-order valence-corrected chi connectivity index (χ3v) is 8.93. The van der Waals surface area contributed by atoms with Gasteiger partial charge in [0.1, 0.15) is 17.1 Å². The molecule has 0 unspecified atom stereocenters. The van der Waals surface area contributed by atoms with Crippen molar-refractivity contribution in [1.29, 1.82) is 5.26 Å². The number of fused-ring (bicyclic) bond motifs is 2. The van der Waals surface area contributed by atoms with Gasteiger partial charge < -0.3 is 14.8 Å². The topological polar surface area (TPSA) is 145 Å². The molecular formula is C37H32N6O4S. The first-order chi connectivity index (χ1) is 23.3. The van der Waals surface area contributed by atoms with Crippen LogP contribution in [0.2, 0.25) is 0 Å². The molecule has 3 heterocycles. The molecule has 0 saturated carbocycles. The number of anilines is 2. The zero-order chi connectivity index (χ0) is 33.8. The van der Waals surface area contributed by atoms with Crippen molar-refractivity contribution in [3.05, 3.63) is 101 Å². The number of oxazole rings is 1. The molecule has 0 atom stereocenters. The first kappa shape index (κ1) is 32.4. The Hall–Kier alpha value is -5.57. The predicted octanol–water partition coefficient (Wildman–Crippen LogP) is 8.73. The second-order valence-electron chi connectivity index (χ2n) is 11.4. The summed E-state index contributed by atoms with van der Waals surface area (Å²) < 4.78 is 6.25. The zero-order valence-corrected chi connectivity index (χ0v) is 27.5. The van der Waals surface area contributed by atoms with E-state index in [2.05, 4.69) is 33.5 Å². The van der Waals surface area contributed by atoms with Crippen LogP contribution in [0.1, 0.15) is 46.0 Å². The number of nitriles is 1. The van der Waals surface area contributed by atoms with E-state index in [9.17, 15) is 14.9 Å². The summed E-state index contributed by atoms with van der Waals surface area (Å²) in [5.41, 5.74) is 9.07. The van der Waals surface area contributed by atoms with E-state index in [1.54, 1.807) is 18.3 Å². The molecule has 48 heavy (non-hydrogen) atoms. The van der Waals surface area contributed by atoms with Crippen LogP contribution in [0, 0.1) is 25.2 Å². The molecule has 11 heteroatoms. The maximum absolute atomic E-state index is 11.3. The van der Waals surface area contributed by atoms with Crippen LogP contribution in [-0.4, -0.2) is 49.0 Å². The van der Waals surface area contributed by atoms with Crippen molar-refractivity contribution in [2.75, 3.05) is 17.7 Å². The van der Waals surface area contributed by atoms with E-state index in [4.69, 9.17) is 14.5 Å². The van der Waals surface area contributed by atoms with E-state index in [-0.39, 0.29) is 0 Å². The molecule has 0 amide bonds. The van der Waals surface area contributed by atoms with E-state index in [0.29, 0.717) is 51.9 Å². The number of rotatable bonds is 11. The minimum absolute atomic E-state index is 0.340. The number of nitrogens with one attached hydrogen (secondary N) is 1. The zero-order valence-electron chi connectivity index (χ0n) is 26.7. The lowest BCUT2D eigenvalue weighted by atomic mass is 9.93. The van der Waals surface area contributed by atoms with Crippen molar-refractivity contribution in [2.24, 2.45) is 0 Å². The largest absolute Gasteiger partial charge is 0.473 e. The molecule has 10 nitrogen and oxygen atoms in total. The van der Waals surface area contributed by atoms with Crippen LogP contribution < -0.4 is 5.32 Å². The Bertz CT molecular complexity index is 2220. The molecule has 0 spiro atoms. The summed E-state index contributed by atoms with van der Waals surface area (Å²) in [7, 11) is 0. The minimum Gasteiger partial charge on any atom is -0.473 e. The fourth-order valence-electron chi connectivity index (χ4n) is 5.87. The quantitative estimate of drug-likeness (QED) is 0.102. The second kappa shape index (κ2) is 14.0. The van der Waals surface area contributed by atoms with Gasteiger partial charge in [-0.25, -0.2) is 14.8 Å². The minimum atomic E-state index is -0.921. The van der Waals surface area contributed by atoms with E-state index >= 15 is 0 Å². The van der Waals surface area contributed by atoms with Crippen LogP contribution in [0.4, 0.5) is 16.3 Å². The third-order valence-electron chi connectivity index (χ3n) is 8.18. The van der Waals surface area contributed by atoms with Gasteiger partial charge in [-0.3, -0.25) is 14.7 Å². The molecule has 0 radical (unpaired) electrons. The summed E-state index contributed by atoms with van der Waals surface area (Å²) in [5.74, 6) is 1.35. The molecular weight excluding hydrogens is 625 g/mol. The van der Waals surface area contributed by atoms with Crippen LogP contribution in [0.5, 0.6) is 0 Å².